The summed E-state index contributed by atoms with van der Waals surface area (Å²) in [6.45, 7) is 3.60. The summed E-state index contributed by atoms with van der Waals surface area (Å²) >= 11 is 3.32. The molecule has 0 bridgehead atoms. The van der Waals surface area contributed by atoms with Gasteiger partial charge < -0.3 is 11.1 Å². The van der Waals surface area contributed by atoms with Gasteiger partial charge in [0.15, 0.2) is 0 Å². The molecule has 4 nitrogen and oxygen atoms in total. The van der Waals surface area contributed by atoms with Crippen LogP contribution in [0.4, 0.5) is 17.1 Å². The molecule has 1 aliphatic rings. The van der Waals surface area contributed by atoms with E-state index in [2.05, 4.69) is 26.6 Å². The van der Waals surface area contributed by atoms with E-state index in [-0.39, 0.29) is 22.9 Å². The number of hydrogen-bond acceptors (Lipinski definition) is 3. The zero-order chi connectivity index (χ0) is 11.2. The number of halogens is 2. The van der Waals surface area contributed by atoms with Gasteiger partial charge in [-0.05, 0) is 41.9 Å². The molecule has 0 unspecified atom stereocenters. The Bertz CT molecular complexity index is 446. The molecule has 3 N–H and O–H groups in total. The number of nitrogens with one attached hydrogen (secondary N) is 1. The Morgan fingerprint density at radius 1 is 1.44 bits per heavy atom. The highest BCUT2D eigenvalue weighted by Gasteiger charge is 2.35. The van der Waals surface area contributed by atoms with E-state index >= 15 is 0 Å². The summed E-state index contributed by atoms with van der Waals surface area (Å²) in [4.78, 5) is 11.7. The lowest BCUT2D eigenvalue weighted by molar-refractivity contribution is -0.123. The maximum Gasteiger partial charge on any atom is 0.271 e. The molecule has 1 amide bonds. The summed E-state index contributed by atoms with van der Waals surface area (Å²) in [6.07, 6.45) is 0. The third-order valence-corrected chi connectivity index (χ3v) is 3.17. The van der Waals surface area contributed by atoms with Crippen LogP contribution in [0.1, 0.15) is 13.8 Å². The van der Waals surface area contributed by atoms with Gasteiger partial charge in [0.1, 0.15) is 11.2 Å². The van der Waals surface area contributed by atoms with Gasteiger partial charge in [0.2, 0.25) is 0 Å². The first-order valence-corrected chi connectivity index (χ1v) is 5.33. The predicted molar refractivity (Wildman–Crippen MR) is 73.4 cm³/mol. The minimum Gasteiger partial charge on any atom is -0.398 e. The Labute approximate surface area is 113 Å². The van der Waals surface area contributed by atoms with Crippen molar-refractivity contribution >= 4 is 55.9 Å². The zero-order valence-corrected chi connectivity index (χ0v) is 12.2. The summed E-state index contributed by atoms with van der Waals surface area (Å²) < 4.78 is 0.663. The molecule has 0 spiro atoms. The Balaban J connectivity index is 0.00000128. The molecule has 16 heavy (non-hydrogen) atoms. The number of carbonyl (C=O) groups excluding carboxylic acids is 1. The lowest BCUT2D eigenvalue weighted by Gasteiger charge is -2.31. The number of benzene rings is 1. The lowest BCUT2D eigenvalue weighted by Crippen LogP contribution is -2.47. The second kappa shape index (κ2) is 4.25. The molecular formula is C10H12Br2N3O. The topological polar surface area (TPSA) is 69.2 Å². The van der Waals surface area contributed by atoms with Gasteiger partial charge in [0.05, 0.1) is 10.2 Å². The lowest BCUT2D eigenvalue weighted by atomic mass is 10.00. The van der Waals surface area contributed by atoms with Crippen LogP contribution >= 0.6 is 32.9 Å². The highest BCUT2D eigenvalue weighted by molar-refractivity contribution is 9.10. The van der Waals surface area contributed by atoms with E-state index in [4.69, 9.17) is 5.73 Å². The van der Waals surface area contributed by atoms with Crippen LogP contribution in [0.15, 0.2) is 16.6 Å². The van der Waals surface area contributed by atoms with Gasteiger partial charge in [-0.2, -0.15) is 0 Å². The molecule has 1 radical (unpaired) electrons. The molecule has 0 fully saturated rings. The molecule has 1 aromatic carbocycles. The smallest absolute Gasteiger partial charge is 0.271 e. The van der Waals surface area contributed by atoms with E-state index in [0.717, 1.165) is 5.69 Å². The van der Waals surface area contributed by atoms with E-state index in [1.807, 2.05) is 6.07 Å². The first kappa shape index (κ1) is 13.3. The monoisotopic (exact) mass is 348 g/mol. The van der Waals surface area contributed by atoms with Crippen LogP contribution in [0.25, 0.3) is 0 Å². The fourth-order valence-corrected chi connectivity index (χ4v) is 1.86. The molecule has 0 aliphatic carbocycles. The standard InChI is InChI=1S/C10H11BrN3O.BrH/c1-10(2)9(15)13-8-6(14-10)4-3-5(12)7(8)11;/h3-4,14H,12H2,1-2H3;1H. The van der Waals surface area contributed by atoms with Crippen LogP contribution in [-0.4, -0.2) is 11.4 Å². The molecule has 2 rings (SSSR count). The molecule has 0 atom stereocenters. The van der Waals surface area contributed by atoms with Gasteiger partial charge in [-0.3, -0.25) is 4.79 Å². The largest absolute Gasteiger partial charge is 0.398 e. The summed E-state index contributed by atoms with van der Waals surface area (Å²) in [5, 5.41) is 7.16. The van der Waals surface area contributed by atoms with Gasteiger partial charge >= 0.3 is 0 Å². The molecule has 87 valence electrons. The van der Waals surface area contributed by atoms with Gasteiger partial charge in [-0.25, -0.2) is 5.32 Å². The third kappa shape index (κ3) is 2.04. The first-order valence-electron chi connectivity index (χ1n) is 4.54. The summed E-state index contributed by atoms with van der Waals surface area (Å²) in [5.41, 5.74) is 7.04. The van der Waals surface area contributed by atoms with Crippen molar-refractivity contribution in [1.82, 2.24) is 5.32 Å². The van der Waals surface area contributed by atoms with Crippen molar-refractivity contribution in [2.24, 2.45) is 0 Å². The molecular weight excluding hydrogens is 338 g/mol. The molecule has 6 heteroatoms. The number of nitrogens with two attached hydrogens (primary N) is 1. The van der Waals surface area contributed by atoms with Crippen LogP contribution in [0.3, 0.4) is 0 Å². The molecule has 0 aromatic heterocycles. The number of nitrogens with zero attached hydrogens (tertiary/aromatic N) is 1. The Morgan fingerprint density at radius 3 is 2.69 bits per heavy atom. The van der Waals surface area contributed by atoms with E-state index in [1.54, 1.807) is 19.9 Å². The normalized spacial score (nSPS) is 16.6. The average Bonchev–Trinajstić information content (AvgIpc) is 2.15. The maximum absolute atomic E-state index is 11.7. The summed E-state index contributed by atoms with van der Waals surface area (Å²) in [6, 6.07) is 3.60. The van der Waals surface area contributed by atoms with Gasteiger partial charge in [0, 0.05) is 5.69 Å². The quantitative estimate of drug-likeness (QED) is 0.707. The van der Waals surface area contributed by atoms with E-state index in [0.29, 0.717) is 15.8 Å². The number of carbonyl (C=O) groups is 1. The zero-order valence-electron chi connectivity index (χ0n) is 8.87. The van der Waals surface area contributed by atoms with Crippen LogP contribution in [0, 0.1) is 0 Å². The van der Waals surface area contributed by atoms with Crippen molar-refractivity contribution in [2.75, 3.05) is 11.1 Å². The Kier molecular flexibility index (Phi) is 3.54. The van der Waals surface area contributed by atoms with Crippen molar-refractivity contribution in [3.63, 3.8) is 0 Å². The SMILES string of the molecule is Br.CC1(C)Nc2ccc(N)c(Br)c2[N]C1=O. The van der Waals surface area contributed by atoms with Crippen LogP contribution in [-0.2, 0) is 4.79 Å². The van der Waals surface area contributed by atoms with Gasteiger partial charge in [-0.1, -0.05) is 0 Å². The van der Waals surface area contributed by atoms with Gasteiger partial charge in [0.25, 0.3) is 5.91 Å². The van der Waals surface area contributed by atoms with Crippen molar-refractivity contribution in [2.45, 2.75) is 19.4 Å². The molecule has 1 aliphatic heterocycles. The maximum atomic E-state index is 11.7. The number of fused-ring (bicyclic) bond motifs is 1. The number of anilines is 2. The Morgan fingerprint density at radius 2 is 2.06 bits per heavy atom. The second-order valence-corrected chi connectivity index (χ2v) is 4.82. The highest BCUT2D eigenvalue weighted by atomic mass is 79.9. The van der Waals surface area contributed by atoms with E-state index in [9.17, 15) is 4.79 Å². The number of amides is 1. The van der Waals surface area contributed by atoms with Crippen molar-refractivity contribution in [1.29, 1.82) is 0 Å². The third-order valence-electron chi connectivity index (χ3n) is 2.34. The van der Waals surface area contributed by atoms with Crippen molar-refractivity contribution in [3.8, 4) is 0 Å². The minimum absolute atomic E-state index is 0. The second-order valence-electron chi connectivity index (χ2n) is 4.03. The van der Waals surface area contributed by atoms with Crippen LogP contribution < -0.4 is 16.4 Å². The van der Waals surface area contributed by atoms with Crippen LogP contribution in [0.2, 0.25) is 0 Å². The number of hydrogen-bond donors (Lipinski definition) is 2. The fourth-order valence-electron chi connectivity index (χ4n) is 1.42. The van der Waals surface area contributed by atoms with Crippen LogP contribution in [0.5, 0.6) is 0 Å². The Hall–Kier alpha value is -0.750. The van der Waals surface area contributed by atoms with E-state index < -0.39 is 5.54 Å². The van der Waals surface area contributed by atoms with E-state index in [1.165, 1.54) is 0 Å². The minimum atomic E-state index is -0.650. The molecule has 0 saturated heterocycles. The molecule has 1 aromatic rings. The number of nitrogen functional groups attached to an aromatic ring is 1. The fraction of sp³-hybridized carbons (Fsp3) is 0.300. The average molecular weight is 350 g/mol. The first-order chi connectivity index (χ1) is 6.92. The number of rotatable bonds is 0. The summed E-state index contributed by atoms with van der Waals surface area (Å²) in [7, 11) is 0. The van der Waals surface area contributed by atoms with Crippen molar-refractivity contribution < 1.29 is 4.79 Å². The van der Waals surface area contributed by atoms with Crippen molar-refractivity contribution in [3.05, 3.63) is 16.6 Å². The molecule has 1 heterocycles. The molecule has 0 saturated carbocycles. The van der Waals surface area contributed by atoms with Gasteiger partial charge in [-0.15, -0.1) is 17.0 Å². The predicted octanol–water partition coefficient (Wildman–Crippen LogP) is 2.58. The highest BCUT2D eigenvalue weighted by Crippen LogP contribution is 2.39. The summed E-state index contributed by atoms with van der Waals surface area (Å²) in [5.74, 6) is -0.193.